The second kappa shape index (κ2) is 9.87. The first-order chi connectivity index (χ1) is 12.3. The number of unbranched alkanes of at least 4 members (excludes halogenated alkanes) is 2. The molecule has 2 rings (SSSR count). The van der Waals surface area contributed by atoms with E-state index in [0.29, 0.717) is 5.92 Å². The largest absolute Gasteiger partial charge is 0.389 e. The maximum atomic E-state index is 12.6. The van der Waals surface area contributed by atoms with Crippen LogP contribution in [-0.4, -0.2) is 11.9 Å². The van der Waals surface area contributed by atoms with Gasteiger partial charge in [0.25, 0.3) is 0 Å². The number of aryl methyl sites for hydroxylation is 1. The molecule has 0 spiro atoms. The van der Waals surface area contributed by atoms with E-state index in [1.165, 1.54) is 40.4 Å². The van der Waals surface area contributed by atoms with Crippen LogP contribution in [-0.2, 0) is 6.42 Å². The zero-order valence-electron chi connectivity index (χ0n) is 16.2. The van der Waals surface area contributed by atoms with Crippen molar-refractivity contribution in [3.8, 4) is 0 Å². The van der Waals surface area contributed by atoms with E-state index in [0.717, 1.165) is 43.4 Å². The van der Waals surface area contributed by atoms with Crippen LogP contribution in [0.1, 0.15) is 81.4 Å². The summed E-state index contributed by atoms with van der Waals surface area (Å²) in [5.74, 6) is 0.518. The molecule has 0 saturated carbocycles. The quantitative estimate of drug-likeness (QED) is 0.249. The molecule has 1 aliphatic rings. The Morgan fingerprint density at radius 2 is 1.92 bits per heavy atom. The number of benzene rings is 1. The summed E-state index contributed by atoms with van der Waals surface area (Å²) in [4.78, 5) is 1.10. The van der Waals surface area contributed by atoms with E-state index in [9.17, 15) is 13.2 Å². The molecule has 0 N–H and O–H groups in total. The number of rotatable bonds is 8. The number of hydrogen-bond acceptors (Lipinski definition) is 1. The van der Waals surface area contributed by atoms with Crippen molar-refractivity contribution in [3.63, 3.8) is 0 Å². The Balaban J connectivity index is 2.25. The lowest BCUT2D eigenvalue weighted by Gasteiger charge is -2.24. The maximum Gasteiger partial charge on any atom is 0.389 e. The average molecular weight is 385 g/mol. The molecule has 4 heteroatoms. The Morgan fingerprint density at radius 1 is 1.15 bits per heavy atom. The molecule has 1 unspecified atom stereocenters. The normalized spacial score (nSPS) is 18.1. The van der Waals surface area contributed by atoms with Gasteiger partial charge in [-0.05, 0) is 62.6 Å². The van der Waals surface area contributed by atoms with Crippen molar-refractivity contribution >= 4 is 11.8 Å². The highest BCUT2D eigenvalue weighted by atomic mass is 32.2. The monoisotopic (exact) mass is 384 g/mol. The molecule has 0 aliphatic heterocycles. The van der Waals surface area contributed by atoms with Crippen molar-refractivity contribution in [3.05, 3.63) is 40.5 Å². The lowest BCUT2D eigenvalue weighted by atomic mass is 9.83. The van der Waals surface area contributed by atoms with E-state index in [-0.39, 0.29) is 5.75 Å². The molecule has 0 saturated heterocycles. The Bertz CT molecular complexity index is 617. The van der Waals surface area contributed by atoms with Crippen LogP contribution in [0.25, 0.3) is 0 Å². The third-order valence-electron chi connectivity index (χ3n) is 5.18. The van der Waals surface area contributed by atoms with Crippen LogP contribution in [0.5, 0.6) is 0 Å². The highest BCUT2D eigenvalue weighted by Gasteiger charge is 2.27. The number of thioether (sulfide) groups is 1. The zero-order valence-corrected chi connectivity index (χ0v) is 17.0. The van der Waals surface area contributed by atoms with E-state index in [1.54, 1.807) is 0 Å². The summed E-state index contributed by atoms with van der Waals surface area (Å²) in [7, 11) is 0. The Morgan fingerprint density at radius 3 is 2.58 bits per heavy atom. The predicted molar refractivity (Wildman–Crippen MR) is 106 cm³/mol. The number of alkyl halides is 3. The molecule has 26 heavy (non-hydrogen) atoms. The molecule has 1 aromatic rings. The molecule has 146 valence electrons. The van der Waals surface area contributed by atoms with Crippen molar-refractivity contribution in [2.75, 3.05) is 5.75 Å². The van der Waals surface area contributed by atoms with Crippen molar-refractivity contribution in [2.24, 2.45) is 0 Å². The predicted octanol–water partition coefficient (Wildman–Crippen LogP) is 7.99. The second-order valence-electron chi connectivity index (χ2n) is 7.45. The first-order valence-electron chi connectivity index (χ1n) is 9.81. The van der Waals surface area contributed by atoms with Crippen LogP contribution >= 0.6 is 11.8 Å². The van der Waals surface area contributed by atoms with E-state index < -0.39 is 12.6 Å². The van der Waals surface area contributed by atoms with Crippen molar-refractivity contribution in [1.82, 2.24) is 0 Å². The van der Waals surface area contributed by atoms with Crippen LogP contribution < -0.4 is 0 Å². The number of allylic oxidation sites excluding steroid dienone is 2. The molecule has 0 nitrogen and oxygen atoms in total. The second-order valence-corrected chi connectivity index (χ2v) is 8.56. The third kappa shape index (κ3) is 6.37. The van der Waals surface area contributed by atoms with Gasteiger partial charge in [-0.2, -0.15) is 13.2 Å². The van der Waals surface area contributed by atoms with Gasteiger partial charge >= 0.3 is 6.18 Å². The first kappa shape index (κ1) is 21.4. The minimum atomic E-state index is -4.08. The standard InChI is InChI=1S/C22H31F3S/c1-4-5-6-9-18-11-12-20(19-10-7-8-16(2)15-19)17(3)21(18)26-14-13-22(23,24)25/h11-12,15,19H,4-10,13-14H2,1-3H3. The van der Waals surface area contributed by atoms with Gasteiger partial charge in [-0.15, -0.1) is 11.8 Å². The Labute approximate surface area is 160 Å². The lowest BCUT2D eigenvalue weighted by Crippen LogP contribution is -2.09. The zero-order chi connectivity index (χ0) is 19.2. The van der Waals surface area contributed by atoms with E-state index in [2.05, 4.69) is 39.0 Å². The fourth-order valence-corrected chi connectivity index (χ4v) is 4.98. The first-order valence-corrected chi connectivity index (χ1v) is 10.8. The highest BCUT2D eigenvalue weighted by molar-refractivity contribution is 7.99. The van der Waals surface area contributed by atoms with Gasteiger partial charge in [0.1, 0.15) is 0 Å². The molecule has 0 fully saturated rings. The van der Waals surface area contributed by atoms with E-state index in [1.807, 2.05) is 0 Å². The summed E-state index contributed by atoms with van der Waals surface area (Å²) in [5.41, 5.74) is 5.15. The minimum Gasteiger partial charge on any atom is -0.171 e. The molecule has 1 aliphatic carbocycles. The van der Waals surface area contributed by atoms with Gasteiger partial charge in [-0.1, -0.05) is 43.5 Å². The van der Waals surface area contributed by atoms with Gasteiger partial charge in [0.2, 0.25) is 0 Å². The lowest BCUT2D eigenvalue weighted by molar-refractivity contribution is -0.129. The fourth-order valence-electron chi connectivity index (χ4n) is 3.75. The highest BCUT2D eigenvalue weighted by Crippen LogP contribution is 2.39. The van der Waals surface area contributed by atoms with Crippen LogP contribution in [0, 0.1) is 6.92 Å². The maximum absolute atomic E-state index is 12.6. The molecule has 1 aromatic carbocycles. The molecule has 0 radical (unpaired) electrons. The van der Waals surface area contributed by atoms with Gasteiger partial charge in [-0.25, -0.2) is 0 Å². The summed E-state index contributed by atoms with van der Waals surface area (Å²) < 4.78 is 37.8. The SMILES string of the molecule is CCCCCc1ccc(C2C=C(C)CCC2)c(C)c1SCCC(F)(F)F. The molecule has 1 atom stereocenters. The average Bonchev–Trinajstić information content (AvgIpc) is 2.56. The third-order valence-corrected chi connectivity index (χ3v) is 6.45. The van der Waals surface area contributed by atoms with Crippen molar-refractivity contribution < 1.29 is 13.2 Å². The summed E-state index contributed by atoms with van der Waals surface area (Å²) in [6, 6.07) is 4.40. The summed E-state index contributed by atoms with van der Waals surface area (Å²) in [6.07, 6.45) is 5.43. The Hall–Kier alpha value is -0.900. The van der Waals surface area contributed by atoms with Crippen LogP contribution in [0.4, 0.5) is 13.2 Å². The Kier molecular flexibility index (Phi) is 8.12. The van der Waals surface area contributed by atoms with Crippen LogP contribution in [0.3, 0.4) is 0 Å². The minimum absolute atomic E-state index is 0.105. The van der Waals surface area contributed by atoms with E-state index >= 15 is 0 Å². The summed E-state index contributed by atoms with van der Waals surface area (Å²) in [6.45, 7) is 6.46. The van der Waals surface area contributed by atoms with Gasteiger partial charge in [0.05, 0.1) is 6.42 Å². The van der Waals surface area contributed by atoms with Crippen LogP contribution in [0.2, 0.25) is 0 Å². The smallest absolute Gasteiger partial charge is 0.171 e. The summed E-state index contributed by atoms with van der Waals surface area (Å²) >= 11 is 1.40. The van der Waals surface area contributed by atoms with Crippen molar-refractivity contribution in [1.29, 1.82) is 0 Å². The van der Waals surface area contributed by atoms with Gasteiger partial charge in [-0.3, -0.25) is 0 Å². The number of hydrogen-bond donors (Lipinski definition) is 0. The number of halogens is 3. The van der Waals surface area contributed by atoms with E-state index in [4.69, 9.17) is 0 Å². The fraction of sp³-hybridized carbons (Fsp3) is 0.636. The molecule has 0 amide bonds. The topological polar surface area (TPSA) is 0 Å². The molecular weight excluding hydrogens is 353 g/mol. The molecule has 0 aromatic heterocycles. The van der Waals surface area contributed by atoms with Crippen LogP contribution in [0.15, 0.2) is 28.7 Å². The van der Waals surface area contributed by atoms with Crippen molar-refractivity contribution in [2.45, 2.75) is 89.1 Å². The van der Waals surface area contributed by atoms with Gasteiger partial charge in [0.15, 0.2) is 0 Å². The van der Waals surface area contributed by atoms with Gasteiger partial charge < -0.3 is 0 Å². The molecule has 0 heterocycles. The molecular formula is C22H31F3S. The van der Waals surface area contributed by atoms with Gasteiger partial charge in [0, 0.05) is 16.6 Å². The molecule has 0 bridgehead atoms. The summed E-state index contributed by atoms with van der Waals surface area (Å²) in [5, 5.41) is 0.